The first kappa shape index (κ1) is 9.79. The van der Waals surface area contributed by atoms with Gasteiger partial charge in [-0.05, 0) is 0 Å². The van der Waals surface area contributed by atoms with Crippen LogP contribution in [0.4, 0.5) is 0 Å². The van der Waals surface area contributed by atoms with Gasteiger partial charge in [-0.25, -0.2) is 4.99 Å². The van der Waals surface area contributed by atoms with Gasteiger partial charge in [-0.2, -0.15) is 0 Å². The van der Waals surface area contributed by atoms with Gasteiger partial charge in [0.25, 0.3) is 0 Å². The topological polar surface area (TPSA) is 99.2 Å². The maximum absolute atomic E-state index is 10.3. The molecule has 0 aromatic rings. The zero-order valence-corrected chi connectivity index (χ0v) is 7.18. The van der Waals surface area contributed by atoms with Gasteiger partial charge in [0.1, 0.15) is 0 Å². The van der Waals surface area contributed by atoms with Gasteiger partial charge >= 0.3 is 5.97 Å². The van der Waals surface area contributed by atoms with Crippen molar-refractivity contribution in [2.24, 2.45) is 10.7 Å². The number of carbonyl (C=O) groups is 1. The summed E-state index contributed by atoms with van der Waals surface area (Å²) < 4.78 is 0. The van der Waals surface area contributed by atoms with E-state index in [4.69, 9.17) is 15.9 Å². The molecule has 0 aromatic carbocycles. The minimum absolute atomic E-state index is 0.0340. The third kappa shape index (κ3) is 2.90. The summed E-state index contributed by atoms with van der Waals surface area (Å²) in [5, 5.41) is 17.5. The van der Waals surface area contributed by atoms with E-state index in [2.05, 4.69) is 4.99 Å². The average Bonchev–Trinajstić information content (AvgIpc) is 2.02. The van der Waals surface area contributed by atoms with E-state index in [1.165, 1.54) is 0 Å². The van der Waals surface area contributed by atoms with Crippen molar-refractivity contribution in [1.29, 1.82) is 0 Å². The molecular formula is C7H13N3O3. The lowest BCUT2D eigenvalue weighted by Gasteiger charge is -2.28. The molecule has 0 spiro atoms. The average molecular weight is 187 g/mol. The highest BCUT2D eigenvalue weighted by molar-refractivity contribution is 5.79. The summed E-state index contributed by atoms with van der Waals surface area (Å²) >= 11 is 0. The smallest absolute Gasteiger partial charge is 0.305 e. The Morgan fingerprint density at radius 1 is 1.77 bits per heavy atom. The van der Waals surface area contributed by atoms with Crippen molar-refractivity contribution in [2.45, 2.75) is 19.1 Å². The molecule has 1 rings (SSSR count). The van der Waals surface area contributed by atoms with Crippen LogP contribution < -0.4 is 5.73 Å². The number of aliphatic carboxylic acids is 1. The number of nitrogens with zero attached hydrogens (tertiary/aromatic N) is 2. The summed E-state index contributed by atoms with van der Waals surface area (Å²) in [5.41, 5.74) is 5.48. The Labute approximate surface area is 75.7 Å². The molecule has 0 saturated carbocycles. The molecule has 0 fully saturated rings. The Balaban J connectivity index is 2.43. The van der Waals surface area contributed by atoms with Crippen LogP contribution in [0, 0.1) is 0 Å². The molecule has 6 heteroatoms. The Hall–Kier alpha value is -1.30. The second-order valence-corrected chi connectivity index (χ2v) is 2.89. The second-order valence-electron chi connectivity index (χ2n) is 2.89. The van der Waals surface area contributed by atoms with Gasteiger partial charge in [-0.3, -0.25) is 4.79 Å². The number of rotatable bonds is 3. The van der Waals surface area contributed by atoms with Crippen molar-refractivity contribution in [1.82, 2.24) is 4.90 Å². The SMILES string of the molecule is NC1=NC(O)CCN1CCC(=O)O. The van der Waals surface area contributed by atoms with Crippen LogP contribution in [0.5, 0.6) is 0 Å². The van der Waals surface area contributed by atoms with Gasteiger partial charge < -0.3 is 20.8 Å². The lowest BCUT2D eigenvalue weighted by atomic mass is 10.3. The maximum atomic E-state index is 10.3. The van der Waals surface area contributed by atoms with Crippen molar-refractivity contribution < 1.29 is 15.0 Å². The summed E-state index contributed by atoms with van der Waals surface area (Å²) in [5.74, 6) is -0.640. The van der Waals surface area contributed by atoms with Crippen LogP contribution in [0.15, 0.2) is 4.99 Å². The van der Waals surface area contributed by atoms with E-state index in [1.807, 2.05) is 0 Å². The van der Waals surface area contributed by atoms with Crippen molar-refractivity contribution in [3.05, 3.63) is 0 Å². The number of aliphatic imine (C=N–C) groups is 1. The summed E-state index contributed by atoms with van der Waals surface area (Å²) in [6, 6.07) is 0. The molecule has 0 aliphatic carbocycles. The van der Waals surface area contributed by atoms with E-state index < -0.39 is 12.2 Å². The van der Waals surface area contributed by atoms with Gasteiger partial charge in [0.15, 0.2) is 12.2 Å². The van der Waals surface area contributed by atoms with Crippen LogP contribution in [-0.2, 0) is 4.79 Å². The molecule has 0 bridgehead atoms. The summed E-state index contributed by atoms with van der Waals surface area (Å²) in [6.07, 6.45) is -0.201. The molecular weight excluding hydrogens is 174 g/mol. The fourth-order valence-electron chi connectivity index (χ4n) is 1.14. The van der Waals surface area contributed by atoms with Gasteiger partial charge in [-0.15, -0.1) is 0 Å². The Morgan fingerprint density at radius 2 is 2.46 bits per heavy atom. The summed E-state index contributed by atoms with van der Waals surface area (Å²) in [6.45, 7) is 0.904. The molecule has 1 aliphatic rings. The Bertz CT molecular complexity index is 229. The quantitative estimate of drug-likeness (QED) is 0.515. The number of guanidine groups is 1. The Kier molecular flexibility index (Phi) is 3.07. The molecule has 0 aromatic heterocycles. The van der Waals surface area contributed by atoms with Crippen molar-refractivity contribution in [2.75, 3.05) is 13.1 Å². The van der Waals surface area contributed by atoms with Crippen molar-refractivity contribution >= 4 is 11.9 Å². The maximum Gasteiger partial charge on any atom is 0.305 e. The van der Waals surface area contributed by atoms with Gasteiger partial charge in [0.2, 0.25) is 0 Å². The molecule has 0 saturated heterocycles. The fraction of sp³-hybridized carbons (Fsp3) is 0.714. The number of aliphatic hydroxyl groups excluding tert-OH is 1. The number of carboxylic acid groups (broad SMARTS) is 1. The monoisotopic (exact) mass is 187 g/mol. The van der Waals surface area contributed by atoms with Gasteiger partial charge in [-0.1, -0.05) is 0 Å². The molecule has 1 atom stereocenters. The lowest BCUT2D eigenvalue weighted by Crippen LogP contribution is -2.44. The van der Waals surface area contributed by atoms with Crippen LogP contribution in [0.25, 0.3) is 0 Å². The third-order valence-electron chi connectivity index (χ3n) is 1.86. The highest BCUT2D eigenvalue weighted by Crippen LogP contribution is 2.05. The summed E-state index contributed by atoms with van der Waals surface area (Å²) in [7, 11) is 0. The number of aliphatic hydroxyl groups is 1. The highest BCUT2D eigenvalue weighted by Gasteiger charge is 2.17. The molecule has 0 amide bonds. The largest absolute Gasteiger partial charge is 0.481 e. The molecule has 0 radical (unpaired) electrons. The Morgan fingerprint density at radius 3 is 3.00 bits per heavy atom. The van der Waals surface area contributed by atoms with Crippen LogP contribution in [0.1, 0.15) is 12.8 Å². The van der Waals surface area contributed by atoms with Crippen molar-refractivity contribution in [3.8, 4) is 0 Å². The first-order valence-corrected chi connectivity index (χ1v) is 4.07. The zero-order chi connectivity index (χ0) is 9.84. The molecule has 4 N–H and O–H groups in total. The van der Waals surface area contributed by atoms with E-state index >= 15 is 0 Å². The molecule has 6 nitrogen and oxygen atoms in total. The number of hydrogen-bond donors (Lipinski definition) is 3. The fourth-order valence-corrected chi connectivity index (χ4v) is 1.14. The van der Waals surface area contributed by atoms with Gasteiger partial charge in [0.05, 0.1) is 6.42 Å². The van der Waals surface area contributed by atoms with Gasteiger partial charge in [0, 0.05) is 19.5 Å². The lowest BCUT2D eigenvalue weighted by molar-refractivity contribution is -0.137. The predicted octanol–water partition coefficient (Wildman–Crippen LogP) is -1.20. The molecule has 1 aliphatic heterocycles. The van der Waals surface area contributed by atoms with Crippen LogP contribution in [-0.4, -0.2) is 46.4 Å². The zero-order valence-electron chi connectivity index (χ0n) is 7.18. The first-order valence-electron chi connectivity index (χ1n) is 4.07. The minimum Gasteiger partial charge on any atom is -0.481 e. The van der Waals surface area contributed by atoms with E-state index in [0.29, 0.717) is 19.5 Å². The highest BCUT2D eigenvalue weighted by atomic mass is 16.4. The van der Waals surface area contributed by atoms with E-state index in [-0.39, 0.29) is 12.4 Å². The van der Waals surface area contributed by atoms with E-state index in [9.17, 15) is 4.79 Å². The molecule has 13 heavy (non-hydrogen) atoms. The van der Waals surface area contributed by atoms with E-state index in [0.717, 1.165) is 0 Å². The first-order chi connectivity index (χ1) is 6.09. The number of carboxylic acids is 1. The van der Waals surface area contributed by atoms with Crippen LogP contribution >= 0.6 is 0 Å². The molecule has 1 unspecified atom stereocenters. The van der Waals surface area contributed by atoms with Crippen LogP contribution in [0.3, 0.4) is 0 Å². The minimum atomic E-state index is -0.862. The van der Waals surface area contributed by atoms with Crippen molar-refractivity contribution in [3.63, 3.8) is 0 Å². The number of hydrogen-bond acceptors (Lipinski definition) is 5. The predicted molar refractivity (Wildman–Crippen MR) is 46.1 cm³/mol. The number of nitrogens with two attached hydrogens (primary N) is 1. The molecule has 74 valence electrons. The van der Waals surface area contributed by atoms with E-state index in [1.54, 1.807) is 4.90 Å². The third-order valence-corrected chi connectivity index (χ3v) is 1.86. The normalized spacial score (nSPS) is 22.7. The second kappa shape index (κ2) is 4.08. The molecule has 1 heterocycles. The summed E-state index contributed by atoms with van der Waals surface area (Å²) in [4.78, 5) is 15.6. The standard InChI is InChI=1S/C7H13N3O3/c8-7-9-5(11)1-3-10(7)4-2-6(12)13/h5,11H,1-4H2,(H2,8,9)(H,12,13). The van der Waals surface area contributed by atoms with Crippen LogP contribution in [0.2, 0.25) is 0 Å².